The van der Waals surface area contributed by atoms with E-state index in [0.717, 1.165) is 31.7 Å². The number of ether oxygens (including phenoxy) is 3. The number of amidine groups is 1. The van der Waals surface area contributed by atoms with E-state index in [9.17, 15) is 14.4 Å². The molecule has 2 saturated heterocycles. The summed E-state index contributed by atoms with van der Waals surface area (Å²) in [5.74, 6) is -0.203. The number of benzene rings is 2. The van der Waals surface area contributed by atoms with Crippen molar-refractivity contribution in [2.24, 2.45) is 10.7 Å². The van der Waals surface area contributed by atoms with Crippen LogP contribution in [0.15, 0.2) is 59.6 Å². The number of cyclic esters (lactones) is 1. The largest absolute Gasteiger partial charge is 0.460 e. The summed E-state index contributed by atoms with van der Waals surface area (Å²) in [6, 6.07) is 16.4. The van der Waals surface area contributed by atoms with E-state index >= 15 is 0 Å². The highest BCUT2D eigenvalue weighted by atomic mass is 16.6. The monoisotopic (exact) mass is 509 g/mol. The number of aliphatic imine (C=N–C) groups is 1. The molecule has 0 aromatic heterocycles. The molecule has 2 amide bonds. The van der Waals surface area contributed by atoms with Crippen molar-refractivity contribution < 1.29 is 28.6 Å². The molecule has 2 aromatic carbocycles. The molecule has 2 aromatic rings. The fourth-order valence-electron chi connectivity index (χ4n) is 4.23. The molecule has 2 aliphatic rings. The van der Waals surface area contributed by atoms with E-state index in [2.05, 4.69) is 19.5 Å². The Morgan fingerprint density at radius 3 is 2.38 bits per heavy atom. The van der Waals surface area contributed by atoms with Gasteiger partial charge in [-0.1, -0.05) is 30.3 Å². The first-order valence-electron chi connectivity index (χ1n) is 12.1. The number of nitrogens with zero attached hydrogens (tertiary/aromatic N) is 4. The molecular weight excluding hydrogens is 478 g/mol. The van der Waals surface area contributed by atoms with Gasteiger partial charge in [0.1, 0.15) is 18.5 Å². The minimum Gasteiger partial charge on any atom is -0.460 e. The molecule has 37 heavy (non-hydrogen) atoms. The van der Waals surface area contributed by atoms with Gasteiger partial charge in [-0.25, -0.2) is 9.59 Å². The lowest BCUT2D eigenvalue weighted by Crippen LogP contribution is -2.50. The smallest absolute Gasteiger partial charge is 0.435 e. The van der Waals surface area contributed by atoms with Crippen LogP contribution in [-0.2, 0) is 25.6 Å². The van der Waals surface area contributed by atoms with Gasteiger partial charge in [0.05, 0.1) is 20.2 Å². The van der Waals surface area contributed by atoms with Crippen LogP contribution in [-0.4, -0.2) is 92.8 Å². The van der Waals surface area contributed by atoms with Crippen molar-refractivity contribution in [2.75, 3.05) is 57.8 Å². The number of hydrogen-bond donors (Lipinski definition) is 1. The van der Waals surface area contributed by atoms with Gasteiger partial charge < -0.3 is 19.9 Å². The summed E-state index contributed by atoms with van der Waals surface area (Å²) in [7, 11) is 1.22. The fraction of sp³-hybridized carbons (Fsp3) is 0.385. The Bertz CT molecular complexity index is 1120. The van der Waals surface area contributed by atoms with Gasteiger partial charge in [0.2, 0.25) is 0 Å². The van der Waals surface area contributed by atoms with Crippen LogP contribution in [0, 0.1) is 0 Å². The molecule has 4 rings (SSSR count). The van der Waals surface area contributed by atoms with Gasteiger partial charge in [-0.15, -0.1) is 0 Å². The molecule has 0 spiro atoms. The highest BCUT2D eigenvalue weighted by Crippen LogP contribution is 2.23. The summed E-state index contributed by atoms with van der Waals surface area (Å²) in [5, 5.41) is 0. The SMILES string of the molecule is COC(=O)/N=C(\N)c1ccc(N2CC(CN3CCN(CC(=O)OCc4ccccc4)CC3)OC2=O)cc1. The quantitative estimate of drug-likeness (QED) is 0.245. The average Bonchev–Trinajstić information content (AvgIpc) is 3.28. The summed E-state index contributed by atoms with van der Waals surface area (Å²) in [4.78, 5) is 45.5. The average molecular weight is 510 g/mol. The molecular formula is C26H31N5O6. The van der Waals surface area contributed by atoms with Crippen molar-refractivity contribution in [3.63, 3.8) is 0 Å². The molecule has 0 radical (unpaired) electrons. The van der Waals surface area contributed by atoms with E-state index < -0.39 is 12.2 Å². The highest BCUT2D eigenvalue weighted by Gasteiger charge is 2.34. The molecule has 196 valence electrons. The Hall–Kier alpha value is -3.96. The van der Waals surface area contributed by atoms with E-state index in [4.69, 9.17) is 15.2 Å². The summed E-state index contributed by atoms with van der Waals surface area (Å²) in [6.45, 7) is 4.60. The number of rotatable bonds is 8. The Kier molecular flexibility index (Phi) is 8.70. The molecule has 2 N–H and O–H groups in total. The van der Waals surface area contributed by atoms with Gasteiger partial charge in [0, 0.05) is 44.0 Å². The number of anilines is 1. The van der Waals surface area contributed by atoms with Crippen molar-refractivity contribution in [3.05, 3.63) is 65.7 Å². The first kappa shape index (κ1) is 26.1. The molecule has 0 aliphatic carbocycles. The molecule has 2 heterocycles. The summed E-state index contributed by atoms with van der Waals surface area (Å²) in [6.07, 6.45) is -1.45. The standard InChI is InChI=1S/C26H31N5O6/c1-35-25(33)28-24(27)20-7-9-21(10-8-20)31-16-22(37-26(31)34)15-29-11-13-30(14-12-29)17-23(32)36-18-19-5-3-2-4-6-19/h2-10,22H,11-18H2,1H3,(H2,27,28,33). The maximum Gasteiger partial charge on any atom is 0.435 e. The maximum absolute atomic E-state index is 12.5. The van der Waals surface area contributed by atoms with E-state index in [1.807, 2.05) is 30.3 Å². The second-order valence-corrected chi connectivity index (χ2v) is 8.85. The zero-order valence-electron chi connectivity index (χ0n) is 20.7. The summed E-state index contributed by atoms with van der Waals surface area (Å²) < 4.78 is 15.5. The van der Waals surface area contributed by atoms with Crippen molar-refractivity contribution >= 4 is 29.7 Å². The van der Waals surface area contributed by atoms with Gasteiger partial charge in [-0.3, -0.25) is 19.5 Å². The Morgan fingerprint density at radius 2 is 1.70 bits per heavy atom. The number of esters is 1. The lowest BCUT2D eigenvalue weighted by atomic mass is 10.1. The molecule has 11 nitrogen and oxygen atoms in total. The van der Waals surface area contributed by atoms with Crippen molar-refractivity contribution in [3.8, 4) is 0 Å². The molecule has 2 fully saturated rings. The normalized spacial score (nSPS) is 18.9. The van der Waals surface area contributed by atoms with Gasteiger partial charge in [0.15, 0.2) is 0 Å². The molecule has 1 atom stereocenters. The predicted molar refractivity (Wildman–Crippen MR) is 136 cm³/mol. The van der Waals surface area contributed by atoms with Gasteiger partial charge in [0.25, 0.3) is 0 Å². The third-order valence-corrected chi connectivity index (χ3v) is 6.26. The minimum absolute atomic E-state index is 0.0314. The van der Waals surface area contributed by atoms with Gasteiger partial charge in [-0.2, -0.15) is 4.99 Å². The van der Waals surface area contributed by atoms with Gasteiger partial charge >= 0.3 is 18.2 Å². The maximum atomic E-state index is 12.5. The van der Waals surface area contributed by atoms with Crippen LogP contribution >= 0.6 is 0 Å². The van der Waals surface area contributed by atoms with E-state index in [1.165, 1.54) is 7.11 Å². The summed E-state index contributed by atoms with van der Waals surface area (Å²) in [5.41, 5.74) is 7.99. The van der Waals surface area contributed by atoms with E-state index in [-0.39, 0.29) is 31.1 Å². The zero-order valence-corrected chi connectivity index (χ0v) is 20.7. The first-order valence-corrected chi connectivity index (χ1v) is 12.1. The third kappa shape index (κ3) is 7.28. The number of carbonyl (C=O) groups is 3. The van der Waals surface area contributed by atoms with Crippen LogP contribution in [0.3, 0.4) is 0 Å². The summed E-state index contributed by atoms with van der Waals surface area (Å²) >= 11 is 0. The molecule has 11 heteroatoms. The number of hydrogen-bond acceptors (Lipinski definition) is 8. The van der Waals surface area contributed by atoms with Crippen LogP contribution in [0.4, 0.5) is 15.3 Å². The van der Waals surface area contributed by atoms with Crippen LogP contribution < -0.4 is 10.6 Å². The molecule has 0 bridgehead atoms. The van der Waals surface area contributed by atoms with E-state index in [0.29, 0.717) is 24.3 Å². The molecule has 2 aliphatic heterocycles. The minimum atomic E-state index is -0.781. The number of carbonyl (C=O) groups excluding carboxylic acids is 3. The predicted octanol–water partition coefficient (Wildman–Crippen LogP) is 1.84. The lowest BCUT2D eigenvalue weighted by Gasteiger charge is -2.34. The zero-order chi connectivity index (χ0) is 26.2. The lowest BCUT2D eigenvalue weighted by molar-refractivity contribution is -0.146. The third-order valence-electron chi connectivity index (χ3n) is 6.26. The number of nitrogens with two attached hydrogens (primary N) is 1. The van der Waals surface area contributed by atoms with Crippen LogP contribution in [0.5, 0.6) is 0 Å². The number of piperazine rings is 1. The van der Waals surface area contributed by atoms with Gasteiger partial charge in [-0.05, 0) is 29.8 Å². The van der Waals surface area contributed by atoms with Crippen LogP contribution in [0.1, 0.15) is 11.1 Å². The second kappa shape index (κ2) is 12.3. The van der Waals surface area contributed by atoms with Crippen molar-refractivity contribution in [1.82, 2.24) is 9.80 Å². The first-order chi connectivity index (χ1) is 17.9. The Balaban J connectivity index is 1.20. The number of methoxy groups -OCH3 is 1. The molecule has 0 saturated carbocycles. The van der Waals surface area contributed by atoms with Crippen molar-refractivity contribution in [1.29, 1.82) is 0 Å². The second-order valence-electron chi connectivity index (χ2n) is 8.85. The highest BCUT2D eigenvalue weighted by molar-refractivity contribution is 6.03. The Morgan fingerprint density at radius 1 is 1.03 bits per heavy atom. The molecule has 1 unspecified atom stereocenters. The topological polar surface area (TPSA) is 127 Å². The Labute approximate surface area is 215 Å². The van der Waals surface area contributed by atoms with Crippen LogP contribution in [0.2, 0.25) is 0 Å². The van der Waals surface area contributed by atoms with Crippen molar-refractivity contribution in [2.45, 2.75) is 12.7 Å². The fourth-order valence-corrected chi connectivity index (χ4v) is 4.23. The van der Waals surface area contributed by atoms with Crippen LogP contribution in [0.25, 0.3) is 0 Å². The van der Waals surface area contributed by atoms with E-state index in [1.54, 1.807) is 29.2 Å². The number of amides is 2.